The van der Waals surface area contributed by atoms with Crippen molar-refractivity contribution >= 4 is 11.0 Å². The molecule has 0 bridgehead atoms. The second-order valence-corrected chi connectivity index (χ2v) is 5.29. The Morgan fingerprint density at radius 3 is 3.00 bits per heavy atom. The van der Waals surface area contributed by atoms with E-state index in [9.17, 15) is 0 Å². The largest absolute Gasteiger partial charge is 0.346 e. The van der Waals surface area contributed by atoms with Crippen molar-refractivity contribution < 1.29 is 0 Å². The zero-order valence-electron chi connectivity index (χ0n) is 10.5. The fraction of sp³-hybridized carbons (Fsp3) is 0.500. The topological polar surface area (TPSA) is 40.7 Å². The van der Waals surface area contributed by atoms with Crippen molar-refractivity contribution in [3.8, 4) is 0 Å². The van der Waals surface area contributed by atoms with Crippen LogP contribution in [0.4, 0.5) is 0 Å². The summed E-state index contributed by atoms with van der Waals surface area (Å²) in [7, 11) is 0. The number of aryl methyl sites for hydroxylation is 1. The lowest BCUT2D eigenvalue weighted by Gasteiger charge is -2.27. The quantitative estimate of drug-likeness (QED) is 0.789. The van der Waals surface area contributed by atoms with Crippen molar-refractivity contribution in [3.63, 3.8) is 0 Å². The molecule has 17 heavy (non-hydrogen) atoms. The van der Waals surface area contributed by atoms with Gasteiger partial charge in [-0.25, -0.2) is 4.98 Å². The van der Waals surface area contributed by atoms with Crippen molar-refractivity contribution in [1.82, 2.24) is 15.3 Å². The number of H-pyrrole nitrogens is 1. The minimum Gasteiger partial charge on any atom is -0.346 e. The molecule has 0 aromatic carbocycles. The number of aromatic amines is 1. The first-order valence-electron chi connectivity index (χ1n) is 6.39. The summed E-state index contributed by atoms with van der Waals surface area (Å²) in [4.78, 5) is 7.84. The molecule has 0 aliphatic carbocycles. The molecule has 2 aromatic rings. The van der Waals surface area contributed by atoms with Gasteiger partial charge < -0.3 is 10.3 Å². The third-order valence-corrected chi connectivity index (χ3v) is 3.72. The van der Waals surface area contributed by atoms with Crippen LogP contribution in [0.1, 0.15) is 30.5 Å². The molecule has 2 atom stereocenters. The Hall–Kier alpha value is -1.35. The number of piperidine rings is 1. The smallest absolute Gasteiger partial charge is 0.137 e. The van der Waals surface area contributed by atoms with Crippen molar-refractivity contribution in [2.24, 2.45) is 5.92 Å². The predicted octanol–water partition coefficient (Wildman–Crippen LogP) is 2.58. The Kier molecular flexibility index (Phi) is 2.63. The van der Waals surface area contributed by atoms with Gasteiger partial charge in [0.05, 0.1) is 0 Å². The third-order valence-electron chi connectivity index (χ3n) is 3.72. The highest BCUT2D eigenvalue weighted by atomic mass is 14.9. The van der Waals surface area contributed by atoms with Crippen LogP contribution in [0.3, 0.4) is 0 Å². The van der Waals surface area contributed by atoms with Crippen LogP contribution >= 0.6 is 0 Å². The van der Waals surface area contributed by atoms with Gasteiger partial charge in [0, 0.05) is 23.8 Å². The summed E-state index contributed by atoms with van der Waals surface area (Å²) in [6.45, 7) is 6.59. The van der Waals surface area contributed by atoms with E-state index in [0.717, 1.165) is 30.3 Å². The number of nitrogens with one attached hydrogen (secondary N) is 2. The Labute approximate surface area is 102 Å². The van der Waals surface area contributed by atoms with E-state index in [4.69, 9.17) is 0 Å². The SMILES string of the molecule is Cc1ccc2c(C3CNCC(C)C3)c[nH]c2n1. The van der Waals surface area contributed by atoms with Gasteiger partial charge in [0.1, 0.15) is 5.65 Å². The fourth-order valence-corrected chi connectivity index (χ4v) is 2.85. The average Bonchev–Trinajstić information content (AvgIpc) is 2.71. The highest BCUT2D eigenvalue weighted by Crippen LogP contribution is 2.31. The highest BCUT2D eigenvalue weighted by molar-refractivity contribution is 5.80. The minimum absolute atomic E-state index is 0.622. The van der Waals surface area contributed by atoms with Gasteiger partial charge in [-0.05, 0) is 49.4 Å². The first-order valence-corrected chi connectivity index (χ1v) is 6.39. The molecule has 3 heterocycles. The molecule has 2 N–H and O–H groups in total. The zero-order valence-corrected chi connectivity index (χ0v) is 10.5. The van der Waals surface area contributed by atoms with Gasteiger partial charge in [0.15, 0.2) is 0 Å². The number of rotatable bonds is 1. The van der Waals surface area contributed by atoms with Crippen LogP contribution in [0.5, 0.6) is 0 Å². The Balaban J connectivity index is 1.99. The normalized spacial score (nSPS) is 25.3. The van der Waals surface area contributed by atoms with Gasteiger partial charge in [0.25, 0.3) is 0 Å². The maximum atomic E-state index is 4.53. The molecule has 3 nitrogen and oxygen atoms in total. The molecule has 2 aromatic heterocycles. The molecule has 3 rings (SSSR count). The second kappa shape index (κ2) is 4.15. The number of hydrogen-bond donors (Lipinski definition) is 2. The molecule has 1 saturated heterocycles. The molecule has 3 heteroatoms. The second-order valence-electron chi connectivity index (χ2n) is 5.29. The Morgan fingerprint density at radius 2 is 2.18 bits per heavy atom. The number of nitrogens with zero attached hydrogens (tertiary/aromatic N) is 1. The van der Waals surface area contributed by atoms with Gasteiger partial charge in [-0.15, -0.1) is 0 Å². The highest BCUT2D eigenvalue weighted by Gasteiger charge is 2.22. The van der Waals surface area contributed by atoms with E-state index < -0.39 is 0 Å². The van der Waals surface area contributed by atoms with Crippen LogP contribution in [0.15, 0.2) is 18.3 Å². The van der Waals surface area contributed by atoms with Gasteiger partial charge in [-0.1, -0.05) is 6.92 Å². The van der Waals surface area contributed by atoms with Crippen LogP contribution in [-0.2, 0) is 0 Å². The molecule has 0 amide bonds. The van der Waals surface area contributed by atoms with Crippen molar-refractivity contribution in [2.45, 2.75) is 26.2 Å². The maximum Gasteiger partial charge on any atom is 0.137 e. The van der Waals surface area contributed by atoms with Gasteiger partial charge in [-0.3, -0.25) is 0 Å². The van der Waals surface area contributed by atoms with Crippen molar-refractivity contribution in [3.05, 3.63) is 29.6 Å². The van der Waals surface area contributed by atoms with Gasteiger partial charge in [0.2, 0.25) is 0 Å². The van der Waals surface area contributed by atoms with Crippen molar-refractivity contribution in [2.75, 3.05) is 13.1 Å². The summed E-state index contributed by atoms with van der Waals surface area (Å²) >= 11 is 0. The lowest BCUT2D eigenvalue weighted by atomic mass is 9.86. The monoisotopic (exact) mass is 229 g/mol. The van der Waals surface area contributed by atoms with Gasteiger partial charge >= 0.3 is 0 Å². The van der Waals surface area contributed by atoms with Gasteiger partial charge in [-0.2, -0.15) is 0 Å². The summed E-state index contributed by atoms with van der Waals surface area (Å²) in [6.07, 6.45) is 3.41. The van der Waals surface area contributed by atoms with E-state index in [2.05, 4.69) is 40.5 Å². The molecular weight excluding hydrogens is 210 g/mol. The molecule has 1 aliphatic heterocycles. The molecule has 0 saturated carbocycles. The van der Waals surface area contributed by atoms with E-state index in [1.807, 2.05) is 6.92 Å². The number of pyridine rings is 1. The summed E-state index contributed by atoms with van der Waals surface area (Å²) < 4.78 is 0. The first kappa shape index (κ1) is 10.8. The molecule has 2 unspecified atom stereocenters. The van der Waals surface area contributed by atoms with E-state index >= 15 is 0 Å². The molecule has 90 valence electrons. The molecule has 0 radical (unpaired) electrons. The van der Waals surface area contributed by atoms with E-state index in [0.29, 0.717) is 5.92 Å². The number of fused-ring (bicyclic) bond motifs is 1. The lowest BCUT2D eigenvalue weighted by Crippen LogP contribution is -2.33. The fourth-order valence-electron chi connectivity index (χ4n) is 2.85. The van der Waals surface area contributed by atoms with Crippen LogP contribution in [0.2, 0.25) is 0 Å². The third kappa shape index (κ3) is 1.95. The lowest BCUT2D eigenvalue weighted by molar-refractivity contribution is 0.365. The maximum absolute atomic E-state index is 4.53. The summed E-state index contributed by atoms with van der Waals surface area (Å²) in [5.41, 5.74) is 3.52. The summed E-state index contributed by atoms with van der Waals surface area (Å²) in [6, 6.07) is 4.29. The average molecular weight is 229 g/mol. The molecule has 0 spiro atoms. The van der Waals surface area contributed by atoms with Crippen LogP contribution in [0.25, 0.3) is 11.0 Å². The summed E-state index contributed by atoms with van der Waals surface area (Å²) in [5.74, 6) is 1.38. The van der Waals surface area contributed by atoms with Crippen LogP contribution < -0.4 is 5.32 Å². The van der Waals surface area contributed by atoms with E-state index in [1.54, 1.807) is 0 Å². The minimum atomic E-state index is 0.622. The van der Waals surface area contributed by atoms with E-state index in [1.165, 1.54) is 17.4 Å². The van der Waals surface area contributed by atoms with Crippen LogP contribution in [0, 0.1) is 12.8 Å². The Bertz CT molecular complexity index is 529. The predicted molar refractivity (Wildman–Crippen MR) is 70.2 cm³/mol. The van der Waals surface area contributed by atoms with E-state index in [-0.39, 0.29) is 0 Å². The summed E-state index contributed by atoms with van der Waals surface area (Å²) in [5, 5.41) is 4.80. The standard InChI is InChI=1S/C14H19N3/c1-9-5-11(7-15-6-9)13-8-16-14-12(13)4-3-10(2)17-14/h3-4,8-9,11,15H,5-7H2,1-2H3,(H,16,17). The Morgan fingerprint density at radius 1 is 1.29 bits per heavy atom. The van der Waals surface area contributed by atoms with Crippen LogP contribution in [-0.4, -0.2) is 23.1 Å². The zero-order chi connectivity index (χ0) is 11.8. The molecular formula is C14H19N3. The molecule has 1 aliphatic rings. The van der Waals surface area contributed by atoms with Crippen molar-refractivity contribution in [1.29, 1.82) is 0 Å². The first-order chi connectivity index (χ1) is 8.24. The number of aromatic nitrogens is 2. The number of hydrogen-bond acceptors (Lipinski definition) is 2. The molecule has 1 fully saturated rings.